The largest absolute Gasteiger partial charge is 0.480 e. The van der Waals surface area contributed by atoms with Gasteiger partial charge in [0.1, 0.15) is 6.54 Å². The highest BCUT2D eigenvalue weighted by molar-refractivity contribution is 5.86. The Hall–Kier alpha value is -1.79. The second kappa shape index (κ2) is 8.49. The van der Waals surface area contributed by atoms with E-state index in [1.54, 1.807) is 0 Å². The summed E-state index contributed by atoms with van der Waals surface area (Å²) in [4.78, 5) is 33.4. The van der Waals surface area contributed by atoms with Crippen molar-refractivity contribution in [3.05, 3.63) is 0 Å². The number of carbonyl (C=O) groups excluding carboxylic acids is 2. The molecule has 120 valence electrons. The van der Waals surface area contributed by atoms with Crippen molar-refractivity contribution < 1.29 is 19.5 Å². The molecule has 1 fully saturated rings. The first kappa shape index (κ1) is 17.3. The molecule has 0 aromatic rings. The molecule has 0 saturated heterocycles. The van der Waals surface area contributed by atoms with Crippen LogP contribution in [0.4, 0.5) is 4.79 Å². The SMILES string of the molecule is CC(C)C1CCCCC1NC(=O)NCC(=O)NCC(=O)O. The van der Waals surface area contributed by atoms with Gasteiger partial charge in [-0.15, -0.1) is 0 Å². The van der Waals surface area contributed by atoms with Gasteiger partial charge in [-0.05, 0) is 24.7 Å². The van der Waals surface area contributed by atoms with Gasteiger partial charge in [0.05, 0.1) is 6.54 Å². The summed E-state index contributed by atoms with van der Waals surface area (Å²) in [5.74, 6) is -0.661. The van der Waals surface area contributed by atoms with Gasteiger partial charge in [0.25, 0.3) is 0 Å². The van der Waals surface area contributed by atoms with Gasteiger partial charge in [-0.1, -0.05) is 26.7 Å². The minimum absolute atomic E-state index is 0.140. The zero-order valence-electron chi connectivity index (χ0n) is 12.6. The maximum Gasteiger partial charge on any atom is 0.322 e. The molecule has 1 rings (SSSR count). The van der Waals surface area contributed by atoms with E-state index in [0.29, 0.717) is 11.8 Å². The lowest BCUT2D eigenvalue weighted by atomic mass is 9.78. The van der Waals surface area contributed by atoms with E-state index in [1.807, 2.05) is 0 Å². The number of urea groups is 1. The van der Waals surface area contributed by atoms with Crippen molar-refractivity contribution in [3.63, 3.8) is 0 Å². The van der Waals surface area contributed by atoms with E-state index in [9.17, 15) is 14.4 Å². The lowest BCUT2D eigenvalue weighted by Crippen LogP contribution is -2.50. The predicted octanol–water partition coefficient (Wildman–Crippen LogP) is 0.701. The molecule has 0 aromatic carbocycles. The number of hydrogen-bond acceptors (Lipinski definition) is 3. The Morgan fingerprint density at radius 2 is 1.76 bits per heavy atom. The summed E-state index contributed by atoms with van der Waals surface area (Å²) in [5, 5.41) is 16.0. The van der Waals surface area contributed by atoms with Crippen molar-refractivity contribution in [2.75, 3.05) is 13.1 Å². The van der Waals surface area contributed by atoms with Crippen LogP contribution in [-0.2, 0) is 9.59 Å². The Kier molecular flexibility index (Phi) is 6.98. The van der Waals surface area contributed by atoms with E-state index in [1.165, 1.54) is 6.42 Å². The summed E-state index contributed by atoms with van der Waals surface area (Å²) in [6.45, 7) is 3.64. The van der Waals surface area contributed by atoms with E-state index in [0.717, 1.165) is 19.3 Å². The summed E-state index contributed by atoms with van der Waals surface area (Å²) in [6.07, 6.45) is 4.37. The molecule has 1 saturated carbocycles. The van der Waals surface area contributed by atoms with E-state index >= 15 is 0 Å². The van der Waals surface area contributed by atoms with Crippen molar-refractivity contribution in [1.29, 1.82) is 0 Å². The third-order valence-corrected chi connectivity index (χ3v) is 3.84. The summed E-state index contributed by atoms with van der Waals surface area (Å²) in [7, 11) is 0. The molecule has 2 atom stereocenters. The normalized spacial score (nSPS) is 21.7. The van der Waals surface area contributed by atoms with Crippen molar-refractivity contribution in [3.8, 4) is 0 Å². The highest BCUT2D eigenvalue weighted by Crippen LogP contribution is 2.30. The van der Waals surface area contributed by atoms with Crippen LogP contribution in [0.15, 0.2) is 0 Å². The molecule has 0 spiro atoms. The minimum Gasteiger partial charge on any atom is -0.480 e. The molecular formula is C14H25N3O4. The summed E-state index contributed by atoms with van der Waals surface area (Å²) >= 11 is 0. The number of rotatable bonds is 6. The van der Waals surface area contributed by atoms with Crippen molar-refractivity contribution >= 4 is 17.9 Å². The second-order valence-electron chi connectivity index (χ2n) is 5.80. The molecule has 7 nitrogen and oxygen atoms in total. The van der Waals surface area contributed by atoms with Gasteiger partial charge in [0, 0.05) is 6.04 Å². The quantitative estimate of drug-likeness (QED) is 0.579. The number of amides is 3. The van der Waals surface area contributed by atoms with Crippen LogP contribution in [0.25, 0.3) is 0 Å². The fourth-order valence-corrected chi connectivity index (χ4v) is 2.75. The fraction of sp³-hybridized carbons (Fsp3) is 0.786. The lowest BCUT2D eigenvalue weighted by Gasteiger charge is -2.34. The van der Waals surface area contributed by atoms with E-state index in [2.05, 4.69) is 29.8 Å². The van der Waals surface area contributed by atoms with Crippen LogP contribution in [-0.4, -0.2) is 42.1 Å². The number of hydrogen-bond donors (Lipinski definition) is 4. The average Bonchev–Trinajstić information content (AvgIpc) is 2.43. The predicted molar refractivity (Wildman–Crippen MR) is 77.8 cm³/mol. The Bertz CT molecular complexity index is 384. The van der Waals surface area contributed by atoms with Gasteiger partial charge in [-0.3, -0.25) is 9.59 Å². The Morgan fingerprint density at radius 3 is 2.38 bits per heavy atom. The fourth-order valence-electron chi connectivity index (χ4n) is 2.75. The lowest BCUT2D eigenvalue weighted by molar-refractivity contribution is -0.137. The Balaban J connectivity index is 2.32. The van der Waals surface area contributed by atoms with E-state index in [4.69, 9.17) is 5.11 Å². The standard InChI is InChI=1S/C14H25N3O4/c1-9(2)10-5-3-4-6-11(10)17-14(21)16-7-12(18)15-8-13(19)20/h9-11H,3-8H2,1-2H3,(H,15,18)(H,19,20)(H2,16,17,21). The first-order chi connectivity index (χ1) is 9.90. The molecule has 0 bridgehead atoms. The highest BCUT2D eigenvalue weighted by Gasteiger charge is 2.28. The maximum atomic E-state index is 11.8. The molecule has 0 aliphatic heterocycles. The smallest absolute Gasteiger partial charge is 0.322 e. The van der Waals surface area contributed by atoms with E-state index in [-0.39, 0.29) is 18.6 Å². The van der Waals surface area contributed by atoms with Gasteiger partial charge in [0.15, 0.2) is 0 Å². The van der Waals surface area contributed by atoms with Crippen LogP contribution >= 0.6 is 0 Å². The van der Waals surface area contributed by atoms with Gasteiger partial charge < -0.3 is 21.1 Å². The summed E-state index contributed by atoms with van der Waals surface area (Å²) in [5.41, 5.74) is 0. The second-order valence-corrected chi connectivity index (χ2v) is 5.80. The molecule has 1 aliphatic carbocycles. The van der Waals surface area contributed by atoms with Gasteiger partial charge in [-0.25, -0.2) is 4.79 Å². The zero-order valence-corrected chi connectivity index (χ0v) is 12.6. The first-order valence-electron chi connectivity index (χ1n) is 7.43. The Labute approximate surface area is 124 Å². The molecule has 4 N–H and O–H groups in total. The number of carbonyl (C=O) groups is 3. The molecule has 0 heterocycles. The summed E-state index contributed by atoms with van der Waals surface area (Å²) < 4.78 is 0. The van der Waals surface area contributed by atoms with Crippen LogP contribution in [0.2, 0.25) is 0 Å². The third kappa shape index (κ3) is 6.46. The number of carboxylic acids is 1. The number of nitrogens with one attached hydrogen (secondary N) is 3. The first-order valence-corrected chi connectivity index (χ1v) is 7.43. The molecule has 0 radical (unpaired) electrons. The van der Waals surface area contributed by atoms with Gasteiger partial charge in [0.2, 0.25) is 5.91 Å². The molecular weight excluding hydrogens is 274 g/mol. The van der Waals surface area contributed by atoms with Crippen LogP contribution in [0.1, 0.15) is 39.5 Å². The van der Waals surface area contributed by atoms with Gasteiger partial charge >= 0.3 is 12.0 Å². The van der Waals surface area contributed by atoms with E-state index < -0.39 is 18.4 Å². The third-order valence-electron chi connectivity index (χ3n) is 3.84. The average molecular weight is 299 g/mol. The van der Waals surface area contributed by atoms with Crippen LogP contribution in [0, 0.1) is 11.8 Å². The van der Waals surface area contributed by atoms with Crippen molar-refractivity contribution in [2.24, 2.45) is 11.8 Å². The highest BCUT2D eigenvalue weighted by atomic mass is 16.4. The van der Waals surface area contributed by atoms with Crippen LogP contribution < -0.4 is 16.0 Å². The molecule has 3 amide bonds. The van der Waals surface area contributed by atoms with Gasteiger partial charge in [-0.2, -0.15) is 0 Å². The monoisotopic (exact) mass is 299 g/mol. The molecule has 7 heteroatoms. The number of carboxylic acid groups (broad SMARTS) is 1. The van der Waals surface area contributed by atoms with Crippen molar-refractivity contribution in [2.45, 2.75) is 45.6 Å². The maximum absolute atomic E-state index is 11.8. The molecule has 21 heavy (non-hydrogen) atoms. The number of aliphatic carboxylic acids is 1. The Morgan fingerprint density at radius 1 is 1.10 bits per heavy atom. The molecule has 1 aliphatic rings. The zero-order chi connectivity index (χ0) is 15.8. The minimum atomic E-state index is -1.12. The topological polar surface area (TPSA) is 108 Å². The van der Waals surface area contributed by atoms with Crippen LogP contribution in [0.3, 0.4) is 0 Å². The molecule has 0 aromatic heterocycles. The van der Waals surface area contributed by atoms with Crippen molar-refractivity contribution in [1.82, 2.24) is 16.0 Å². The molecule has 2 unspecified atom stereocenters. The summed E-state index contributed by atoms with van der Waals surface area (Å²) in [6, 6.07) is -0.237. The van der Waals surface area contributed by atoms with Crippen LogP contribution in [0.5, 0.6) is 0 Å².